The molecule has 0 saturated carbocycles. The van der Waals surface area contributed by atoms with Crippen molar-refractivity contribution in [2.24, 2.45) is 5.84 Å². The maximum Gasteiger partial charge on any atom is 0.370 e. The highest BCUT2D eigenvalue weighted by molar-refractivity contribution is 5.98. The van der Waals surface area contributed by atoms with E-state index in [-0.39, 0.29) is 10.9 Å². The van der Waals surface area contributed by atoms with Crippen LogP contribution in [0.1, 0.15) is 20.7 Å². The Morgan fingerprint density at radius 1 is 1.00 bits per heavy atom. The monoisotopic (exact) mass is 307 g/mol. The Kier molecular flexibility index (Phi) is 4.33. The van der Waals surface area contributed by atoms with E-state index in [1.807, 2.05) is 0 Å². The molecule has 0 aliphatic heterocycles. The molecule has 2 rings (SSSR count). The third-order valence-corrected chi connectivity index (χ3v) is 2.74. The van der Waals surface area contributed by atoms with E-state index in [0.29, 0.717) is 0 Å². The maximum atomic E-state index is 13.6. The number of halogens is 2. The maximum absolute atomic E-state index is 13.6. The molecule has 2 aromatic rings. The predicted octanol–water partition coefficient (Wildman–Crippen LogP) is 1.63. The van der Waals surface area contributed by atoms with Crippen LogP contribution in [-0.4, -0.2) is 17.0 Å². The van der Waals surface area contributed by atoms with Gasteiger partial charge in [0.25, 0.3) is 0 Å². The summed E-state index contributed by atoms with van der Waals surface area (Å²) in [7, 11) is 0. The van der Waals surface area contributed by atoms with Gasteiger partial charge in [-0.2, -0.15) is 0 Å². The number of hydroxylamine groups is 1. The summed E-state index contributed by atoms with van der Waals surface area (Å²) in [5, 5.41) is 0.0205. The molecule has 8 heteroatoms. The predicted molar refractivity (Wildman–Crippen MR) is 73.0 cm³/mol. The van der Waals surface area contributed by atoms with Crippen molar-refractivity contribution in [1.82, 2.24) is 5.17 Å². The van der Waals surface area contributed by atoms with Crippen molar-refractivity contribution in [3.05, 3.63) is 65.2 Å². The Morgan fingerprint density at radius 2 is 1.64 bits per heavy atom. The second kappa shape index (κ2) is 6.19. The van der Waals surface area contributed by atoms with Crippen LogP contribution in [0.15, 0.2) is 42.5 Å². The van der Waals surface area contributed by atoms with Gasteiger partial charge in [0.2, 0.25) is 0 Å². The van der Waals surface area contributed by atoms with Gasteiger partial charge in [0, 0.05) is 5.69 Å². The van der Waals surface area contributed by atoms with Crippen molar-refractivity contribution in [2.75, 3.05) is 5.73 Å². The van der Waals surface area contributed by atoms with Crippen molar-refractivity contribution in [3.63, 3.8) is 0 Å². The van der Waals surface area contributed by atoms with Crippen LogP contribution in [0.4, 0.5) is 14.5 Å². The normalized spacial score (nSPS) is 10.1. The van der Waals surface area contributed by atoms with Gasteiger partial charge in [0.05, 0.1) is 5.56 Å². The number of carbonyl (C=O) groups is 2. The number of hydrogen-bond acceptors (Lipinski definition) is 5. The molecule has 22 heavy (non-hydrogen) atoms. The highest BCUT2D eigenvalue weighted by Gasteiger charge is 2.24. The molecule has 2 aromatic carbocycles. The molecule has 0 radical (unpaired) electrons. The zero-order valence-electron chi connectivity index (χ0n) is 11.1. The number of nitrogens with two attached hydrogens (primary N) is 2. The van der Waals surface area contributed by atoms with Gasteiger partial charge in [-0.25, -0.2) is 19.4 Å². The van der Waals surface area contributed by atoms with Crippen molar-refractivity contribution < 1.29 is 23.2 Å². The Labute approximate surface area is 123 Å². The molecule has 114 valence electrons. The molecule has 6 nitrogen and oxygen atoms in total. The minimum Gasteiger partial charge on any atom is -0.398 e. The zero-order valence-corrected chi connectivity index (χ0v) is 11.1. The number of carbonyl (C=O) groups excluding carboxylic acids is 2. The van der Waals surface area contributed by atoms with Gasteiger partial charge in [-0.15, -0.1) is 0 Å². The molecule has 0 bridgehead atoms. The van der Waals surface area contributed by atoms with E-state index in [9.17, 15) is 18.4 Å². The van der Waals surface area contributed by atoms with E-state index < -0.39 is 34.6 Å². The van der Waals surface area contributed by atoms with E-state index >= 15 is 0 Å². The van der Waals surface area contributed by atoms with Gasteiger partial charge in [-0.05, 0) is 24.3 Å². The lowest BCUT2D eigenvalue weighted by atomic mass is 10.2. The summed E-state index contributed by atoms with van der Waals surface area (Å²) in [6, 6.07) is 8.54. The van der Waals surface area contributed by atoms with Crippen LogP contribution in [0.3, 0.4) is 0 Å². The lowest BCUT2D eigenvalue weighted by Gasteiger charge is -2.16. The molecule has 0 unspecified atom stereocenters. The third kappa shape index (κ3) is 3.01. The average Bonchev–Trinajstić information content (AvgIpc) is 2.46. The van der Waals surface area contributed by atoms with Crippen LogP contribution in [0.25, 0.3) is 0 Å². The van der Waals surface area contributed by atoms with E-state index in [4.69, 9.17) is 11.6 Å². The van der Waals surface area contributed by atoms with Crippen LogP contribution in [0, 0.1) is 11.6 Å². The number of nitrogens with zero attached hydrogens (tertiary/aromatic N) is 1. The van der Waals surface area contributed by atoms with Crippen molar-refractivity contribution in [1.29, 1.82) is 0 Å². The van der Waals surface area contributed by atoms with Gasteiger partial charge >= 0.3 is 11.9 Å². The van der Waals surface area contributed by atoms with Gasteiger partial charge in [0.15, 0.2) is 0 Å². The molecule has 0 aromatic heterocycles. The Morgan fingerprint density at radius 3 is 2.27 bits per heavy atom. The highest BCUT2D eigenvalue weighted by Crippen LogP contribution is 2.17. The summed E-state index contributed by atoms with van der Waals surface area (Å²) < 4.78 is 27.0. The van der Waals surface area contributed by atoms with Gasteiger partial charge in [0.1, 0.15) is 17.2 Å². The van der Waals surface area contributed by atoms with Gasteiger partial charge < -0.3 is 10.6 Å². The van der Waals surface area contributed by atoms with Crippen molar-refractivity contribution >= 4 is 17.6 Å². The van der Waals surface area contributed by atoms with Crippen molar-refractivity contribution in [2.45, 2.75) is 0 Å². The van der Waals surface area contributed by atoms with Crippen LogP contribution in [0.5, 0.6) is 0 Å². The van der Waals surface area contributed by atoms with Crippen LogP contribution in [0.2, 0.25) is 0 Å². The highest BCUT2D eigenvalue weighted by atomic mass is 19.1. The number of anilines is 1. The fourth-order valence-electron chi connectivity index (χ4n) is 1.69. The summed E-state index contributed by atoms with van der Waals surface area (Å²) in [6.07, 6.45) is 0. The van der Waals surface area contributed by atoms with E-state index in [0.717, 1.165) is 18.2 Å². The average molecular weight is 307 g/mol. The number of hydrogen-bond donors (Lipinski definition) is 2. The second-order valence-corrected chi connectivity index (χ2v) is 4.19. The van der Waals surface area contributed by atoms with Crippen LogP contribution < -0.4 is 11.6 Å². The molecular formula is C14H11F2N3O3. The summed E-state index contributed by atoms with van der Waals surface area (Å²) in [6.45, 7) is 0. The number of rotatable bonds is 2. The molecule has 0 spiro atoms. The fourth-order valence-corrected chi connectivity index (χ4v) is 1.69. The quantitative estimate of drug-likeness (QED) is 0.380. The van der Waals surface area contributed by atoms with Crippen LogP contribution >= 0.6 is 0 Å². The third-order valence-electron chi connectivity index (χ3n) is 2.74. The van der Waals surface area contributed by atoms with Crippen molar-refractivity contribution in [3.8, 4) is 0 Å². The fraction of sp³-hybridized carbons (Fsp3) is 0. The molecule has 0 heterocycles. The van der Waals surface area contributed by atoms with Gasteiger partial charge in [-0.1, -0.05) is 23.4 Å². The molecule has 0 fully saturated rings. The van der Waals surface area contributed by atoms with E-state index in [2.05, 4.69) is 4.84 Å². The summed E-state index contributed by atoms with van der Waals surface area (Å²) in [5.74, 6) is 1.11. The molecular weight excluding hydrogens is 296 g/mol. The number of benzene rings is 2. The minimum absolute atomic E-state index is 0.0205. The first-order valence-electron chi connectivity index (χ1n) is 6.01. The first-order valence-corrected chi connectivity index (χ1v) is 6.01. The standard InChI is InChI=1S/C14H11F2N3O3/c15-9-5-2-1-4-8(9)13(20)19(18)22-14(21)12-10(16)6-3-7-11(12)17/h1-7H,17-18H2. The first kappa shape index (κ1) is 15.4. The summed E-state index contributed by atoms with van der Waals surface area (Å²) >= 11 is 0. The smallest absolute Gasteiger partial charge is 0.370 e. The molecule has 4 N–H and O–H groups in total. The zero-order chi connectivity index (χ0) is 16.3. The SMILES string of the molecule is Nc1cccc(F)c1C(=O)ON(N)C(=O)c1ccccc1F. The number of nitrogen functional groups attached to an aromatic ring is 1. The lowest BCUT2D eigenvalue weighted by molar-refractivity contribution is -0.0833. The van der Waals surface area contributed by atoms with E-state index in [1.54, 1.807) is 0 Å². The molecule has 1 amide bonds. The number of amides is 1. The molecule has 0 saturated heterocycles. The largest absolute Gasteiger partial charge is 0.398 e. The topological polar surface area (TPSA) is 98.7 Å². The summed E-state index contributed by atoms with van der Waals surface area (Å²) in [4.78, 5) is 28.2. The molecule has 0 atom stereocenters. The first-order chi connectivity index (χ1) is 10.4. The molecule has 0 aliphatic rings. The molecule has 0 aliphatic carbocycles. The lowest BCUT2D eigenvalue weighted by Crippen LogP contribution is -2.40. The van der Waals surface area contributed by atoms with E-state index in [1.165, 1.54) is 24.3 Å². The van der Waals surface area contributed by atoms with Gasteiger partial charge in [-0.3, -0.25) is 4.79 Å². The Balaban J connectivity index is 2.18. The number of hydrazine groups is 1. The Bertz CT molecular complexity index is 717. The minimum atomic E-state index is -1.28. The van der Waals surface area contributed by atoms with Crippen LogP contribution in [-0.2, 0) is 4.84 Å². The second-order valence-electron chi connectivity index (χ2n) is 4.19. The Hall–Kier alpha value is -3.00. The summed E-state index contributed by atoms with van der Waals surface area (Å²) in [5.41, 5.74) is 4.31.